The van der Waals surface area contributed by atoms with Gasteiger partial charge in [-0.15, -0.1) is 0 Å². The second-order valence-corrected chi connectivity index (χ2v) is 2.93. The molecule has 0 amide bonds. The Kier molecular flexibility index (Phi) is 5.58. The first-order valence-corrected chi connectivity index (χ1v) is 4.48. The summed E-state index contributed by atoms with van der Waals surface area (Å²) in [7, 11) is 0. The molecule has 0 saturated carbocycles. The molecule has 3 heteroatoms. The summed E-state index contributed by atoms with van der Waals surface area (Å²) in [4.78, 5) is 10.9. The van der Waals surface area contributed by atoms with Gasteiger partial charge in [-0.2, -0.15) is 0 Å². The second kappa shape index (κ2) is 5.89. The van der Waals surface area contributed by atoms with E-state index < -0.39 is 5.79 Å². The Balaban J connectivity index is 4.42. The van der Waals surface area contributed by atoms with Crippen molar-refractivity contribution in [2.24, 2.45) is 0 Å². The fourth-order valence-electron chi connectivity index (χ4n) is 1.16. The Bertz CT molecular complexity index is 169. The molecule has 0 unspecified atom stereocenters. The fourth-order valence-corrected chi connectivity index (χ4v) is 1.16. The maximum Gasteiger partial charge on any atom is 0.229 e. The average Bonchev–Trinajstić information content (AvgIpc) is 2.04. The first-order chi connectivity index (χ1) is 6.10. The summed E-state index contributed by atoms with van der Waals surface area (Å²) in [5, 5.41) is 0. The molecule has 0 aromatic heterocycles. The number of hydrogen-bond donors (Lipinski definition) is 0. The van der Waals surface area contributed by atoms with Crippen LogP contribution in [0.1, 0.15) is 27.2 Å². The zero-order chi connectivity index (χ0) is 10.3. The van der Waals surface area contributed by atoms with Crippen molar-refractivity contribution in [1.82, 2.24) is 0 Å². The van der Waals surface area contributed by atoms with E-state index in [9.17, 15) is 4.79 Å². The van der Waals surface area contributed by atoms with Crippen molar-refractivity contribution in [3.63, 3.8) is 0 Å². The summed E-state index contributed by atoms with van der Waals surface area (Å²) in [6.07, 6.45) is 1.12. The Morgan fingerprint density at radius 1 is 1.38 bits per heavy atom. The zero-order valence-corrected chi connectivity index (χ0v) is 8.63. The van der Waals surface area contributed by atoms with Crippen molar-refractivity contribution in [1.29, 1.82) is 0 Å². The Hall–Kier alpha value is -0.670. The van der Waals surface area contributed by atoms with Crippen molar-refractivity contribution in [2.75, 3.05) is 13.2 Å². The molecule has 76 valence electrons. The minimum absolute atomic E-state index is 0.415. The van der Waals surface area contributed by atoms with Crippen LogP contribution in [0.3, 0.4) is 0 Å². The largest absolute Gasteiger partial charge is 0.344 e. The van der Waals surface area contributed by atoms with E-state index in [1.165, 1.54) is 0 Å². The molecule has 0 aromatic carbocycles. The number of carbonyl (C=O) groups is 1. The molecular weight excluding hydrogens is 168 g/mol. The Morgan fingerprint density at radius 3 is 2.08 bits per heavy atom. The highest BCUT2D eigenvalue weighted by Gasteiger charge is 2.30. The van der Waals surface area contributed by atoms with Crippen LogP contribution in [0.25, 0.3) is 0 Å². The third-order valence-corrected chi connectivity index (χ3v) is 1.51. The molecule has 0 aliphatic rings. The van der Waals surface area contributed by atoms with E-state index in [2.05, 4.69) is 6.58 Å². The molecule has 0 fully saturated rings. The lowest BCUT2D eigenvalue weighted by Crippen LogP contribution is -2.38. The van der Waals surface area contributed by atoms with Crippen molar-refractivity contribution in [3.05, 3.63) is 12.2 Å². The van der Waals surface area contributed by atoms with E-state index in [0.717, 1.165) is 5.57 Å². The first-order valence-electron chi connectivity index (χ1n) is 4.48. The SMILES string of the molecule is C=C(C)CC(C=O)(OCC)OCC. The molecule has 0 spiro atoms. The van der Waals surface area contributed by atoms with Crippen LogP contribution in [0.4, 0.5) is 0 Å². The number of carbonyl (C=O) groups excluding carboxylic acids is 1. The van der Waals surface area contributed by atoms with Gasteiger partial charge in [-0.1, -0.05) is 12.2 Å². The topological polar surface area (TPSA) is 35.5 Å². The number of ether oxygens (including phenoxy) is 2. The number of hydrogen-bond acceptors (Lipinski definition) is 3. The highest BCUT2D eigenvalue weighted by atomic mass is 16.7. The third kappa shape index (κ3) is 4.20. The van der Waals surface area contributed by atoms with E-state index in [4.69, 9.17) is 9.47 Å². The van der Waals surface area contributed by atoms with Gasteiger partial charge in [0.2, 0.25) is 5.79 Å². The minimum atomic E-state index is -1.12. The van der Waals surface area contributed by atoms with Crippen LogP contribution in [0, 0.1) is 0 Å². The molecule has 0 aromatic rings. The number of aldehydes is 1. The molecule has 0 aliphatic heterocycles. The standard InChI is InChI=1S/C10H18O3/c1-5-12-10(8-11,13-6-2)7-9(3)4/h8H,3,5-7H2,1-2,4H3. The molecule has 0 radical (unpaired) electrons. The lowest BCUT2D eigenvalue weighted by Gasteiger charge is -2.27. The number of rotatable bonds is 7. The van der Waals surface area contributed by atoms with Gasteiger partial charge in [0.25, 0.3) is 0 Å². The first kappa shape index (κ1) is 12.3. The van der Waals surface area contributed by atoms with Crippen LogP contribution in [-0.4, -0.2) is 25.3 Å². The van der Waals surface area contributed by atoms with E-state index in [1.54, 1.807) is 0 Å². The lowest BCUT2D eigenvalue weighted by molar-refractivity contribution is -0.214. The maximum atomic E-state index is 10.9. The van der Waals surface area contributed by atoms with Crippen LogP contribution in [0.2, 0.25) is 0 Å². The minimum Gasteiger partial charge on any atom is -0.344 e. The monoisotopic (exact) mass is 186 g/mol. The quantitative estimate of drug-likeness (QED) is 0.346. The summed E-state index contributed by atoms with van der Waals surface area (Å²) in [5.74, 6) is -1.12. The normalized spacial score (nSPS) is 11.3. The van der Waals surface area contributed by atoms with E-state index in [-0.39, 0.29) is 0 Å². The van der Waals surface area contributed by atoms with Crippen molar-refractivity contribution in [3.8, 4) is 0 Å². The van der Waals surface area contributed by atoms with Gasteiger partial charge < -0.3 is 9.47 Å². The molecule has 0 N–H and O–H groups in total. The predicted octanol–water partition coefficient (Wildman–Crippen LogP) is 1.92. The van der Waals surface area contributed by atoms with E-state index in [0.29, 0.717) is 25.9 Å². The summed E-state index contributed by atoms with van der Waals surface area (Å²) in [5.41, 5.74) is 0.869. The van der Waals surface area contributed by atoms with Crippen LogP contribution in [0.15, 0.2) is 12.2 Å². The second-order valence-electron chi connectivity index (χ2n) is 2.93. The molecule has 13 heavy (non-hydrogen) atoms. The van der Waals surface area contributed by atoms with Gasteiger partial charge in [-0.05, 0) is 20.8 Å². The molecule has 0 aliphatic carbocycles. The van der Waals surface area contributed by atoms with Crippen molar-refractivity contribution < 1.29 is 14.3 Å². The van der Waals surface area contributed by atoms with Crippen LogP contribution in [-0.2, 0) is 14.3 Å². The van der Waals surface area contributed by atoms with Gasteiger partial charge in [0.1, 0.15) is 0 Å². The van der Waals surface area contributed by atoms with Gasteiger partial charge in [0, 0.05) is 19.6 Å². The summed E-state index contributed by atoms with van der Waals surface area (Å²) in [6, 6.07) is 0. The third-order valence-electron chi connectivity index (χ3n) is 1.51. The molecular formula is C10H18O3. The van der Waals surface area contributed by atoms with Crippen molar-refractivity contribution in [2.45, 2.75) is 33.0 Å². The molecule has 3 nitrogen and oxygen atoms in total. The molecule has 0 bridgehead atoms. The Morgan fingerprint density at radius 2 is 1.85 bits per heavy atom. The van der Waals surface area contributed by atoms with Gasteiger partial charge in [0.15, 0.2) is 6.29 Å². The van der Waals surface area contributed by atoms with Gasteiger partial charge >= 0.3 is 0 Å². The van der Waals surface area contributed by atoms with Crippen LogP contribution >= 0.6 is 0 Å². The zero-order valence-electron chi connectivity index (χ0n) is 8.63. The van der Waals surface area contributed by atoms with Gasteiger partial charge in [0.05, 0.1) is 0 Å². The molecule has 0 heterocycles. The van der Waals surface area contributed by atoms with E-state index >= 15 is 0 Å². The van der Waals surface area contributed by atoms with Crippen LogP contribution in [0.5, 0.6) is 0 Å². The smallest absolute Gasteiger partial charge is 0.229 e. The van der Waals surface area contributed by atoms with Gasteiger partial charge in [-0.3, -0.25) is 4.79 Å². The average molecular weight is 186 g/mol. The highest BCUT2D eigenvalue weighted by molar-refractivity contribution is 5.60. The predicted molar refractivity (Wildman–Crippen MR) is 51.5 cm³/mol. The fraction of sp³-hybridized carbons (Fsp3) is 0.700. The molecule has 0 atom stereocenters. The maximum absolute atomic E-state index is 10.9. The molecule has 0 saturated heterocycles. The van der Waals surface area contributed by atoms with Gasteiger partial charge in [-0.25, -0.2) is 0 Å². The lowest BCUT2D eigenvalue weighted by atomic mass is 10.1. The summed E-state index contributed by atoms with van der Waals surface area (Å²) < 4.78 is 10.6. The van der Waals surface area contributed by atoms with E-state index in [1.807, 2.05) is 20.8 Å². The highest BCUT2D eigenvalue weighted by Crippen LogP contribution is 2.19. The summed E-state index contributed by atoms with van der Waals surface area (Å²) >= 11 is 0. The summed E-state index contributed by atoms with van der Waals surface area (Å²) in [6.45, 7) is 10.1. The van der Waals surface area contributed by atoms with Crippen LogP contribution < -0.4 is 0 Å². The Labute approximate surface area is 79.7 Å². The molecule has 0 rings (SSSR count). The van der Waals surface area contributed by atoms with Crippen molar-refractivity contribution >= 4 is 6.29 Å².